The van der Waals surface area contributed by atoms with Crippen LogP contribution in [0.2, 0.25) is 0 Å². The molecule has 1 aliphatic heterocycles. The fourth-order valence-electron chi connectivity index (χ4n) is 2.47. The molecule has 2 atom stereocenters. The molecule has 21 heavy (non-hydrogen) atoms. The summed E-state index contributed by atoms with van der Waals surface area (Å²) in [7, 11) is 0. The van der Waals surface area contributed by atoms with Crippen molar-refractivity contribution in [3.63, 3.8) is 0 Å². The molecular weight excluding hydrogens is 284 g/mol. The number of nitrogens with one attached hydrogen (secondary N) is 1. The molecule has 0 aliphatic carbocycles. The van der Waals surface area contributed by atoms with Crippen LogP contribution in [0.15, 0.2) is 12.7 Å². The summed E-state index contributed by atoms with van der Waals surface area (Å²) in [5.41, 5.74) is 6.70. The van der Waals surface area contributed by atoms with Gasteiger partial charge < -0.3 is 16.0 Å². The van der Waals surface area contributed by atoms with Gasteiger partial charge in [0.25, 0.3) is 5.91 Å². The Morgan fingerprint density at radius 2 is 2.19 bits per heavy atom. The summed E-state index contributed by atoms with van der Waals surface area (Å²) in [5, 5.41) is 12.9. The van der Waals surface area contributed by atoms with E-state index >= 15 is 0 Å². The molecule has 1 amide bonds. The van der Waals surface area contributed by atoms with Gasteiger partial charge >= 0.3 is 0 Å². The van der Waals surface area contributed by atoms with E-state index in [2.05, 4.69) is 36.7 Å². The minimum Gasteiger partial charge on any atom is -0.396 e. The first-order chi connectivity index (χ1) is 9.99. The first kappa shape index (κ1) is 15.4. The van der Waals surface area contributed by atoms with Gasteiger partial charge in [0.15, 0.2) is 0 Å². The van der Waals surface area contributed by atoms with E-state index in [4.69, 9.17) is 5.73 Å². The average molecular weight is 304 g/mol. The number of nitrogens with zero attached hydrogens (tertiary/aromatic N) is 2. The highest BCUT2D eigenvalue weighted by Crippen LogP contribution is 2.40. The Morgan fingerprint density at radius 3 is 2.71 bits per heavy atom. The van der Waals surface area contributed by atoms with Gasteiger partial charge in [0.1, 0.15) is 21.5 Å². The zero-order chi connectivity index (χ0) is 15.6. The summed E-state index contributed by atoms with van der Waals surface area (Å²) < 4.78 is 0. The lowest BCUT2D eigenvalue weighted by Gasteiger charge is -2.16. The van der Waals surface area contributed by atoms with Gasteiger partial charge in [-0.3, -0.25) is 4.79 Å². The Morgan fingerprint density at radius 1 is 1.57 bits per heavy atom. The number of nitriles is 1. The SMILES string of the molecule is C=CCNC(=O)c1sc(N2CC(C)C(C)C2)c(C#N)c1N. The molecule has 0 aromatic carbocycles. The summed E-state index contributed by atoms with van der Waals surface area (Å²) in [5.74, 6) is 0.885. The Balaban J connectivity index is 2.33. The lowest BCUT2D eigenvalue weighted by atomic mass is 10.0. The van der Waals surface area contributed by atoms with Crippen LogP contribution in [0.3, 0.4) is 0 Å². The largest absolute Gasteiger partial charge is 0.396 e. The van der Waals surface area contributed by atoms with Crippen molar-refractivity contribution < 1.29 is 4.79 Å². The van der Waals surface area contributed by atoms with E-state index in [9.17, 15) is 10.1 Å². The lowest BCUT2D eigenvalue weighted by molar-refractivity contribution is 0.0963. The molecule has 6 heteroatoms. The number of nitrogen functional groups attached to an aromatic ring is 1. The molecule has 2 rings (SSSR count). The van der Waals surface area contributed by atoms with Gasteiger partial charge in [0.05, 0.1) is 5.69 Å². The van der Waals surface area contributed by atoms with E-state index in [0.717, 1.165) is 18.1 Å². The normalized spacial score (nSPS) is 21.1. The first-order valence-corrected chi connectivity index (χ1v) is 7.77. The molecule has 1 aromatic heterocycles. The monoisotopic (exact) mass is 304 g/mol. The fourth-order valence-corrected chi connectivity index (χ4v) is 3.58. The first-order valence-electron chi connectivity index (χ1n) is 6.96. The summed E-state index contributed by atoms with van der Waals surface area (Å²) in [6, 6.07) is 2.15. The van der Waals surface area contributed by atoms with Crippen molar-refractivity contribution in [1.82, 2.24) is 5.32 Å². The molecule has 112 valence electrons. The molecule has 1 saturated heterocycles. The van der Waals surface area contributed by atoms with E-state index in [1.54, 1.807) is 6.08 Å². The minimum atomic E-state index is -0.250. The van der Waals surface area contributed by atoms with Crippen molar-refractivity contribution >= 4 is 27.9 Å². The van der Waals surface area contributed by atoms with Gasteiger partial charge in [-0.2, -0.15) is 5.26 Å². The van der Waals surface area contributed by atoms with Crippen LogP contribution >= 0.6 is 11.3 Å². The third kappa shape index (κ3) is 2.88. The number of rotatable bonds is 4. The van der Waals surface area contributed by atoms with Gasteiger partial charge in [-0.25, -0.2) is 0 Å². The smallest absolute Gasteiger partial charge is 0.263 e. The Hall–Kier alpha value is -2.00. The summed E-state index contributed by atoms with van der Waals surface area (Å²) in [6.45, 7) is 10.1. The fraction of sp³-hybridized carbons (Fsp3) is 0.467. The van der Waals surface area contributed by atoms with Gasteiger partial charge in [-0.05, 0) is 11.8 Å². The number of hydrogen-bond acceptors (Lipinski definition) is 5. The van der Waals surface area contributed by atoms with Crippen LogP contribution in [0.25, 0.3) is 0 Å². The van der Waals surface area contributed by atoms with Gasteiger partial charge in [0, 0.05) is 19.6 Å². The number of amides is 1. The number of hydrogen-bond donors (Lipinski definition) is 2. The van der Waals surface area contributed by atoms with Gasteiger partial charge in [-0.1, -0.05) is 19.9 Å². The third-order valence-electron chi connectivity index (χ3n) is 3.93. The highest BCUT2D eigenvalue weighted by Gasteiger charge is 2.31. The Labute approximate surface area is 129 Å². The van der Waals surface area contributed by atoms with Crippen molar-refractivity contribution in [3.05, 3.63) is 23.1 Å². The molecular formula is C15H20N4OS. The average Bonchev–Trinajstić information content (AvgIpc) is 2.96. The third-order valence-corrected chi connectivity index (χ3v) is 5.19. The van der Waals surface area contributed by atoms with E-state index in [0.29, 0.717) is 28.8 Å². The highest BCUT2D eigenvalue weighted by molar-refractivity contribution is 7.19. The minimum absolute atomic E-state index is 0.250. The maximum absolute atomic E-state index is 12.1. The van der Waals surface area contributed by atoms with Crippen molar-refractivity contribution in [1.29, 1.82) is 5.26 Å². The Kier molecular flexibility index (Phi) is 4.53. The van der Waals surface area contributed by atoms with Gasteiger partial charge in [0.2, 0.25) is 0 Å². The second-order valence-corrected chi connectivity index (χ2v) is 6.49. The zero-order valence-corrected chi connectivity index (χ0v) is 13.2. The van der Waals surface area contributed by atoms with Crippen LogP contribution in [0, 0.1) is 23.2 Å². The van der Waals surface area contributed by atoms with Gasteiger partial charge in [-0.15, -0.1) is 17.9 Å². The maximum Gasteiger partial charge on any atom is 0.263 e. The molecule has 1 aromatic rings. The molecule has 1 fully saturated rings. The van der Waals surface area contributed by atoms with Crippen LogP contribution in [0.5, 0.6) is 0 Å². The van der Waals surface area contributed by atoms with Crippen molar-refractivity contribution in [2.24, 2.45) is 11.8 Å². The molecule has 5 nitrogen and oxygen atoms in total. The van der Waals surface area contributed by atoms with Crippen molar-refractivity contribution in [2.45, 2.75) is 13.8 Å². The highest BCUT2D eigenvalue weighted by atomic mass is 32.1. The van der Waals surface area contributed by atoms with E-state index in [1.165, 1.54) is 11.3 Å². The second kappa shape index (κ2) is 6.19. The van der Waals surface area contributed by atoms with Crippen LogP contribution in [-0.2, 0) is 0 Å². The molecule has 0 saturated carbocycles. The number of carbonyl (C=O) groups is 1. The van der Waals surface area contributed by atoms with E-state index in [1.807, 2.05) is 0 Å². The van der Waals surface area contributed by atoms with Crippen molar-refractivity contribution in [3.8, 4) is 6.07 Å². The molecule has 2 unspecified atom stereocenters. The van der Waals surface area contributed by atoms with Crippen molar-refractivity contribution in [2.75, 3.05) is 30.3 Å². The summed E-state index contributed by atoms with van der Waals surface area (Å²) in [6.07, 6.45) is 1.61. The number of anilines is 2. The second-order valence-electron chi connectivity index (χ2n) is 5.50. The molecule has 3 N–H and O–H groups in total. The molecule has 2 heterocycles. The standard InChI is InChI=1S/C15H20N4OS/c1-4-5-18-14(20)13-12(17)11(6-16)15(21-13)19-7-9(2)10(3)8-19/h4,9-10H,1,5,7-8,17H2,2-3H3,(H,18,20). The van der Waals surface area contributed by atoms with Crippen LogP contribution in [-0.4, -0.2) is 25.5 Å². The summed E-state index contributed by atoms with van der Waals surface area (Å²) >= 11 is 1.30. The number of thiophene rings is 1. The lowest BCUT2D eigenvalue weighted by Crippen LogP contribution is -2.23. The predicted octanol–water partition coefficient (Wildman–Crippen LogP) is 2.21. The quantitative estimate of drug-likeness (QED) is 0.836. The molecule has 1 aliphatic rings. The van der Waals surface area contributed by atoms with Crippen LogP contribution in [0.4, 0.5) is 10.7 Å². The molecule has 0 radical (unpaired) electrons. The predicted molar refractivity (Wildman–Crippen MR) is 86.5 cm³/mol. The van der Waals surface area contributed by atoms with E-state index in [-0.39, 0.29) is 11.6 Å². The maximum atomic E-state index is 12.1. The topological polar surface area (TPSA) is 82.2 Å². The summed E-state index contributed by atoms with van der Waals surface area (Å²) in [4.78, 5) is 14.7. The van der Waals surface area contributed by atoms with E-state index < -0.39 is 0 Å². The van der Waals surface area contributed by atoms with Crippen LogP contribution < -0.4 is 16.0 Å². The number of nitrogens with two attached hydrogens (primary N) is 1. The zero-order valence-electron chi connectivity index (χ0n) is 12.3. The number of carbonyl (C=O) groups excluding carboxylic acids is 1. The molecule has 0 bridgehead atoms. The van der Waals surface area contributed by atoms with Crippen LogP contribution in [0.1, 0.15) is 29.1 Å². The Bertz CT molecular complexity index is 592. The molecule has 0 spiro atoms.